The second-order valence-corrected chi connectivity index (χ2v) is 10.8. The molecule has 1 aromatic heterocycles. The molecule has 2 heterocycles. The average Bonchev–Trinajstić information content (AvgIpc) is 3.18. The van der Waals surface area contributed by atoms with Crippen LogP contribution in [0.1, 0.15) is 47.5 Å². The molecule has 1 aliphatic carbocycles. The molecular weight excluding hydrogens is 458 g/mol. The molecule has 0 saturated heterocycles. The summed E-state index contributed by atoms with van der Waals surface area (Å²) in [6, 6.07) is 7.63. The first kappa shape index (κ1) is 23.8. The lowest BCUT2D eigenvalue weighted by molar-refractivity contribution is -0.128. The highest BCUT2D eigenvalue weighted by molar-refractivity contribution is 8.02. The van der Waals surface area contributed by atoms with Crippen LogP contribution in [0.5, 0.6) is 0 Å². The second kappa shape index (κ2) is 9.87. The number of hydrogen-bond acceptors (Lipinski definition) is 6. The van der Waals surface area contributed by atoms with Gasteiger partial charge in [-0.1, -0.05) is 23.9 Å². The molecule has 2 aliphatic rings. The SMILES string of the molecule is CCN1C(=O)C(C)(C(=O)Nc2sc3c(c2C(=O)NCCOC)CCCC3)Sc2ccccc21. The number of carbonyl (C=O) groups excluding carboxylic acids is 3. The van der Waals surface area contributed by atoms with Crippen LogP contribution in [0, 0.1) is 0 Å². The van der Waals surface area contributed by atoms with Gasteiger partial charge in [0, 0.05) is 30.0 Å². The summed E-state index contributed by atoms with van der Waals surface area (Å²) in [5, 5.41) is 6.39. The van der Waals surface area contributed by atoms with Crippen LogP contribution in [0.2, 0.25) is 0 Å². The summed E-state index contributed by atoms with van der Waals surface area (Å²) in [4.78, 5) is 43.7. The lowest BCUT2D eigenvalue weighted by Crippen LogP contribution is -2.54. The Morgan fingerprint density at radius 1 is 1.21 bits per heavy atom. The van der Waals surface area contributed by atoms with Gasteiger partial charge in [0.2, 0.25) is 0 Å². The number of para-hydroxylation sites is 1. The molecule has 3 amide bonds. The van der Waals surface area contributed by atoms with E-state index in [9.17, 15) is 14.4 Å². The summed E-state index contributed by atoms with van der Waals surface area (Å²) in [6.45, 7) is 4.84. The van der Waals surface area contributed by atoms with Crippen LogP contribution < -0.4 is 15.5 Å². The van der Waals surface area contributed by atoms with Crippen molar-refractivity contribution in [1.29, 1.82) is 0 Å². The van der Waals surface area contributed by atoms with Gasteiger partial charge in [0.05, 0.1) is 17.9 Å². The van der Waals surface area contributed by atoms with E-state index in [0.29, 0.717) is 30.3 Å². The van der Waals surface area contributed by atoms with Gasteiger partial charge in [0.25, 0.3) is 17.7 Å². The number of anilines is 2. The van der Waals surface area contributed by atoms with Gasteiger partial charge in [0.1, 0.15) is 5.00 Å². The Morgan fingerprint density at radius 3 is 2.73 bits per heavy atom. The predicted octanol–water partition coefficient (Wildman–Crippen LogP) is 3.86. The lowest BCUT2D eigenvalue weighted by Gasteiger charge is -2.38. The highest BCUT2D eigenvalue weighted by Gasteiger charge is 2.49. The molecule has 1 aromatic carbocycles. The van der Waals surface area contributed by atoms with Crippen LogP contribution in [-0.4, -0.2) is 49.3 Å². The zero-order valence-corrected chi connectivity index (χ0v) is 20.8. The van der Waals surface area contributed by atoms with Gasteiger partial charge < -0.3 is 20.3 Å². The molecule has 33 heavy (non-hydrogen) atoms. The summed E-state index contributed by atoms with van der Waals surface area (Å²) in [5.74, 6) is -0.872. The molecule has 0 bridgehead atoms. The van der Waals surface area contributed by atoms with Crippen LogP contribution in [0.15, 0.2) is 29.2 Å². The van der Waals surface area contributed by atoms with Crippen LogP contribution in [-0.2, 0) is 27.2 Å². The van der Waals surface area contributed by atoms with Gasteiger partial charge in [-0.2, -0.15) is 0 Å². The molecule has 0 saturated carbocycles. The largest absolute Gasteiger partial charge is 0.383 e. The number of methoxy groups -OCH3 is 1. The molecule has 9 heteroatoms. The molecule has 2 aromatic rings. The standard InChI is InChI=1S/C24H29N3O4S2/c1-4-27-16-10-6-8-12-18(16)33-24(2,23(27)30)22(29)26-21-19(20(28)25-13-14-31-3)15-9-5-7-11-17(15)32-21/h6,8,10,12H,4-5,7,9,11,13-14H2,1-3H3,(H,25,28)(H,26,29). The van der Waals surface area contributed by atoms with Crippen molar-refractivity contribution in [3.05, 3.63) is 40.3 Å². The van der Waals surface area contributed by atoms with Crippen molar-refractivity contribution in [3.63, 3.8) is 0 Å². The molecule has 1 aliphatic heterocycles. The van der Waals surface area contributed by atoms with Crippen molar-refractivity contribution in [3.8, 4) is 0 Å². The van der Waals surface area contributed by atoms with Crippen molar-refractivity contribution in [2.45, 2.75) is 49.2 Å². The van der Waals surface area contributed by atoms with E-state index < -0.39 is 10.7 Å². The van der Waals surface area contributed by atoms with E-state index in [1.165, 1.54) is 23.1 Å². The number of rotatable bonds is 7. The van der Waals surface area contributed by atoms with E-state index >= 15 is 0 Å². The summed E-state index contributed by atoms with van der Waals surface area (Å²) in [7, 11) is 1.58. The molecule has 1 unspecified atom stereocenters. The monoisotopic (exact) mass is 487 g/mol. The Hall–Kier alpha value is -2.36. The highest BCUT2D eigenvalue weighted by atomic mass is 32.2. The van der Waals surface area contributed by atoms with Gasteiger partial charge >= 0.3 is 0 Å². The van der Waals surface area contributed by atoms with Gasteiger partial charge in [-0.15, -0.1) is 11.3 Å². The van der Waals surface area contributed by atoms with Crippen LogP contribution in [0.25, 0.3) is 0 Å². The first-order valence-electron chi connectivity index (χ1n) is 11.2. The number of thioether (sulfide) groups is 1. The molecule has 4 rings (SSSR count). The first-order chi connectivity index (χ1) is 15.9. The van der Waals surface area contributed by atoms with Gasteiger partial charge in [-0.3, -0.25) is 14.4 Å². The molecule has 176 valence electrons. The molecular formula is C24H29N3O4S2. The van der Waals surface area contributed by atoms with E-state index in [-0.39, 0.29) is 11.8 Å². The van der Waals surface area contributed by atoms with E-state index in [1.807, 2.05) is 31.2 Å². The van der Waals surface area contributed by atoms with Gasteiger partial charge in [0.15, 0.2) is 4.75 Å². The molecule has 2 N–H and O–H groups in total. The third-order valence-corrected chi connectivity index (χ3v) is 8.63. The smallest absolute Gasteiger partial charge is 0.254 e. The summed E-state index contributed by atoms with van der Waals surface area (Å²) >= 11 is 2.72. The highest BCUT2D eigenvalue weighted by Crippen LogP contribution is 2.46. The van der Waals surface area contributed by atoms with E-state index in [2.05, 4.69) is 10.6 Å². The Labute approximate surface area is 202 Å². The van der Waals surface area contributed by atoms with Gasteiger partial charge in [-0.05, 0) is 57.2 Å². The zero-order chi connectivity index (χ0) is 23.6. The fraction of sp³-hybridized carbons (Fsp3) is 0.458. The Balaban J connectivity index is 1.65. The minimum atomic E-state index is -1.33. The number of nitrogens with zero attached hydrogens (tertiary/aromatic N) is 1. The number of ether oxygens (including phenoxy) is 1. The van der Waals surface area contributed by atoms with E-state index in [1.54, 1.807) is 18.9 Å². The van der Waals surface area contributed by atoms with Crippen molar-refractivity contribution in [1.82, 2.24) is 5.32 Å². The van der Waals surface area contributed by atoms with Crippen molar-refractivity contribution >= 4 is 51.5 Å². The third-order valence-electron chi connectivity index (χ3n) is 6.09. The predicted molar refractivity (Wildman–Crippen MR) is 133 cm³/mol. The molecule has 0 spiro atoms. The number of aryl methyl sites for hydroxylation is 1. The fourth-order valence-corrected chi connectivity index (χ4v) is 6.82. The normalized spacial score (nSPS) is 19.6. The Bertz CT molecular complexity index is 1080. The zero-order valence-electron chi connectivity index (χ0n) is 19.2. The van der Waals surface area contributed by atoms with Crippen molar-refractivity contribution in [2.75, 3.05) is 37.0 Å². The molecule has 0 fully saturated rings. The van der Waals surface area contributed by atoms with Crippen LogP contribution in [0.3, 0.4) is 0 Å². The molecule has 0 radical (unpaired) electrons. The second-order valence-electron chi connectivity index (χ2n) is 8.27. The molecule has 7 nitrogen and oxygen atoms in total. The van der Waals surface area contributed by atoms with Crippen molar-refractivity contribution in [2.24, 2.45) is 0 Å². The van der Waals surface area contributed by atoms with Crippen LogP contribution in [0.4, 0.5) is 10.7 Å². The topological polar surface area (TPSA) is 87.7 Å². The number of benzene rings is 1. The number of hydrogen-bond donors (Lipinski definition) is 2. The third kappa shape index (κ3) is 4.41. The number of fused-ring (bicyclic) bond motifs is 2. The van der Waals surface area contributed by atoms with Gasteiger partial charge in [-0.25, -0.2) is 0 Å². The van der Waals surface area contributed by atoms with E-state index in [0.717, 1.165) is 46.7 Å². The maximum Gasteiger partial charge on any atom is 0.254 e. The van der Waals surface area contributed by atoms with Crippen LogP contribution >= 0.6 is 23.1 Å². The Morgan fingerprint density at radius 2 is 1.97 bits per heavy atom. The summed E-state index contributed by atoms with van der Waals surface area (Å²) in [5.41, 5.74) is 2.37. The number of carbonyl (C=O) groups is 3. The first-order valence-corrected chi connectivity index (χ1v) is 12.9. The summed E-state index contributed by atoms with van der Waals surface area (Å²) in [6.07, 6.45) is 3.80. The minimum absolute atomic E-state index is 0.213. The van der Waals surface area contributed by atoms with Crippen molar-refractivity contribution < 1.29 is 19.1 Å². The number of amides is 3. The summed E-state index contributed by atoms with van der Waals surface area (Å²) < 4.78 is 3.71. The lowest BCUT2D eigenvalue weighted by atomic mass is 9.95. The maximum atomic E-state index is 13.6. The average molecular weight is 488 g/mol. The number of thiophene rings is 1. The minimum Gasteiger partial charge on any atom is -0.383 e. The molecule has 1 atom stereocenters. The Kier molecular flexibility index (Phi) is 7.11. The van der Waals surface area contributed by atoms with E-state index in [4.69, 9.17) is 4.74 Å². The quantitative estimate of drug-likeness (QED) is 0.457. The number of nitrogens with one attached hydrogen (secondary N) is 2. The fourth-order valence-electron chi connectivity index (χ4n) is 4.33. The maximum absolute atomic E-state index is 13.6.